The van der Waals surface area contributed by atoms with E-state index in [2.05, 4.69) is 24.5 Å². The lowest BCUT2D eigenvalue weighted by Crippen LogP contribution is -2.58. The Morgan fingerprint density at radius 1 is 1.18 bits per heavy atom. The Bertz CT molecular complexity index is 764. The van der Waals surface area contributed by atoms with Crippen LogP contribution in [0.4, 0.5) is 0 Å². The summed E-state index contributed by atoms with van der Waals surface area (Å²) in [6.45, 7) is 12.6. The Balaban J connectivity index is 2.06. The number of nitrogens with one attached hydrogen (secondary N) is 2. The van der Waals surface area contributed by atoms with Gasteiger partial charge >= 0.3 is 0 Å². The summed E-state index contributed by atoms with van der Waals surface area (Å²) in [5.74, 6) is -1.29. The first-order valence-electron chi connectivity index (χ1n) is 12.8. The van der Waals surface area contributed by atoms with Gasteiger partial charge in [0.25, 0.3) is 0 Å². The molecule has 188 valence electrons. The molecule has 3 aliphatic heterocycles. The Labute approximate surface area is 203 Å². The SMILES string of the molecule is CCCNC(=O)[C@@H]1[C@H]2C(=O)N([C@@H](CO)[C@@H](C)CC)C(C(=O)NC(C)CCC)C23CC[C@@]1(C)S3. The Kier molecular flexibility index (Phi) is 8.09. The summed E-state index contributed by atoms with van der Waals surface area (Å²) in [5, 5.41) is 16.5. The molecule has 8 atom stereocenters. The average molecular weight is 482 g/mol. The van der Waals surface area contributed by atoms with Crippen molar-refractivity contribution in [3.8, 4) is 0 Å². The van der Waals surface area contributed by atoms with Gasteiger partial charge in [0, 0.05) is 17.3 Å². The third kappa shape index (κ3) is 4.30. The molecule has 3 rings (SSSR count). The van der Waals surface area contributed by atoms with Crippen LogP contribution in [-0.2, 0) is 14.4 Å². The van der Waals surface area contributed by atoms with E-state index in [1.54, 1.807) is 16.7 Å². The fourth-order valence-corrected chi connectivity index (χ4v) is 8.76. The van der Waals surface area contributed by atoms with Crippen molar-refractivity contribution in [1.82, 2.24) is 15.5 Å². The van der Waals surface area contributed by atoms with E-state index in [9.17, 15) is 19.5 Å². The third-order valence-corrected chi connectivity index (χ3v) is 10.2. The summed E-state index contributed by atoms with van der Waals surface area (Å²) in [5.41, 5.74) is 0. The molecule has 7 nitrogen and oxygen atoms in total. The van der Waals surface area contributed by atoms with E-state index in [-0.39, 0.29) is 41.0 Å². The standard InChI is InChI=1S/C25H43N3O4S/c1-7-10-16(5)27-22(31)20-25-12-11-24(6,33-25)18(21(30)26-13-8-2)19(25)23(32)28(20)17(14-29)15(4)9-3/h15-20,29H,7-14H2,1-6H3,(H,26,30)(H,27,31)/t15-,16?,17-,18-,19-,20?,24+,25?/m0/s1. The second-order valence-corrected chi connectivity index (χ2v) is 12.5. The molecule has 3 N–H and O–H groups in total. The summed E-state index contributed by atoms with van der Waals surface area (Å²) in [6, 6.07) is -1.10. The summed E-state index contributed by atoms with van der Waals surface area (Å²) >= 11 is 1.69. The fourth-order valence-electron chi connectivity index (χ4n) is 6.42. The number of rotatable bonds is 11. The largest absolute Gasteiger partial charge is 0.394 e. The highest BCUT2D eigenvalue weighted by atomic mass is 32.2. The molecule has 0 saturated carbocycles. The number of carbonyl (C=O) groups excluding carboxylic acids is 3. The highest BCUT2D eigenvalue weighted by molar-refractivity contribution is 8.02. The number of likely N-dealkylation sites (tertiary alicyclic amines) is 1. The van der Waals surface area contributed by atoms with Crippen molar-refractivity contribution in [2.45, 2.75) is 108 Å². The van der Waals surface area contributed by atoms with Gasteiger partial charge in [-0.2, -0.15) is 0 Å². The molecule has 33 heavy (non-hydrogen) atoms. The Morgan fingerprint density at radius 2 is 1.88 bits per heavy atom. The number of amides is 3. The van der Waals surface area contributed by atoms with Crippen molar-refractivity contribution in [2.75, 3.05) is 13.2 Å². The van der Waals surface area contributed by atoms with Gasteiger partial charge in [-0.15, -0.1) is 11.8 Å². The summed E-state index contributed by atoms with van der Waals surface area (Å²) < 4.78 is -0.986. The summed E-state index contributed by atoms with van der Waals surface area (Å²) in [7, 11) is 0. The smallest absolute Gasteiger partial charge is 0.244 e. The van der Waals surface area contributed by atoms with E-state index in [0.29, 0.717) is 6.54 Å². The van der Waals surface area contributed by atoms with Crippen LogP contribution in [0.2, 0.25) is 0 Å². The normalized spacial score (nSPS) is 35.3. The van der Waals surface area contributed by atoms with Crippen molar-refractivity contribution in [3.63, 3.8) is 0 Å². The van der Waals surface area contributed by atoms with Gasteiger partial charge < -0.3 is 20.6 Å². The van der Waals surface area contributed by atoms with Crippen LogP contribution in [0.5, 0.6) is 0 Å². The Morgan fingerprint density at radius 3 is 2.45 bits per heavy atom. The van der Waals surface area contributed by atoms with Crippen molar-refractivity contribution in [3.05, 3.63) is 0 Å². The molecule has 2 bridgehead atoms. The first kappa shape index (κ1) is 26.3. The van der Waals surface area contributed by atoms with Gasteiger partial charge in [0.05, 0.1) is 29.2 Å². The third-order valence-electron chi connectivity index (χ3n) is 8.25. The zero-order valence-electron chi connectivity index (χ0n) is 21.1. The van der Waals surface area contributed by atoms with Gasteiger partial charge in [0.2, 0.25) is 17.7 Å². The molecule has 0 radical (unpaired) electrons. The molecule has 0 aliphatic carbocycles. The molecule has 3 unspecified atom stereocenters. The van der Waals surface area contributed by atoms with Gasteiger partial charge in [-0.3, -0.25) is 14.4 Å². The molecule has 3 fully saturated rings. The van der Waals surface area contributed by atoms with Crippen LogP contribution in [0.3, 0.4) is 0 Å². The van der Waals surface area contributed by atoms with E-state index >= 15 is 0 Å². The second kappa shape index (κ2) is 10.1. The molecule has 3 saturated heterocycles. The van der Waals surface area contributed by atoms with Gasteiger partial charge in [0.1, 0.15) is 6.04 Å². The summed E-state index contributed by atoms with van der Waals surface area (Å²) in [4.78, 5) is 42.9. The van der Waals surface area contributed by atoms with Crippen LogP contribution in [0, 0.1) is 17.8 Å². The molecule has 0 aromatic rings. The number of hydrogen-bond donors (Lipinski definition) is 3. The maximum Gasteiger partial charge on any atom is 0.244 e. The molecule has 8 heteroatoms. The number of hydrogen-bond acceptors (Lipinski definition) is 5. The highest BCUT2D eigenvalue weighted by Gasteiger charge is 2.77. The number of nitrogens with zero attached hydrogens (tertiary/aromatic N) is 1. The van der Waals surface area contributed by atoms with Gasteiger partial charge in [-0.1, -0.05) is 40.5 Å². The molecule has 0 aromatic carbocycles. The minimum atomic E-state index is -0.670. The lowest BCUT2D eigenvalue weighted by atomic mass is 9.66. The quantitative estimate of drug-likeness (QED) is 0.421. The van der Waals surface area contributed by atoms with Crippen LogP contribution in [0.25, 0.3) is 0 Å². The molecular weight excluding hydrogens is 438 g/mol. The fraction of sp³-hybridized carbons (Fsp3) is 0.880. The predicted molar refractivity (Wildman–Crippen MR) is 132 cm³/mol. The summed E-state index contributed by atoms with van der Waals surface area (Å²) in [6.07, 6.45) is 4.99. The van der Waals surface area contributed by atoms with Crippen LogP contribution in [0.15, 0.2) is 0 Å². The van der Waals surface area contributed by atoms with Crippen LogP contribution in [-0.4, -0.2) is 68.5 Å². The molecule has 3 aliphatic rings. The minimum Gasteiger partial charge on any atom is -0.394 e. The van der Waals surface area contributed by atoms with E-state index in [4.69, 9.17) is 0 Å². The second-order valence-electron chi connectivity index (χ2n) is 10.6. The molecule has 3 amide bonds. The first-order chi connectivity index (χ1) is 15.6. The van der Waals surface area contributed by atoms with E-state index in [1.165, 1.54) is 0 Å². The Hall–Kier alpha value is -1.28. The van der Waals surface area contributed by atoms with E-state index < -0.39 is 28.7 Å². The zero-order valence-corrected chi connectivity index (χ0v) is 22.0. The maximum absolute atomic E-state index is 14.1. The first-order valence-corrected chi connectivity index (χ1v) is 13.6. The van der Waals surface area contributed by atoms with Crippen molar-refractivity contribution in [1.29, 1.82) is 0 Å². The lowest BCUT2D eigenvalue weighted by Gasteiger charge is -2.39. The monoisotopic (exact) mass is 481 g/mol. The van der Waals surface area contributed by atoms with Crippen molar-refractivity contribution in [2.24, 2.45) is 17.8 Å². The number of fused-ring (bicyclic) bond motifs is 1. The average Bonchev–Trinajstić information content (AvgIpc) is 3.33. The molecule has 3 heterocycles. The van der Waals surface area contributed by atoms with Crippen molar-refractivity contribution >= 4 is 29.5 Å². The van der Waals surface area contributed by atoms with Gasteiger partial charge in [0.15, 0.2) is 0 Å². The number of aliphatic hydroxyl groups is 1. The molecule has 1 spiro atoms. The van der Waals surface area contributed by atoms with E-state index in [0.717, 1.165) is 38.5 Å². The van der Waals surface area contributed by atoms with Gasteiger partial charge in [-0.25, -0.2) is 0 Å². The number of thioether (sulfide) groups is 1. The zero-order chi connectivity index (χ0) is 24.6. The van der Waals surface area contributed by atoms with Gasteiger partial charge in [-0.05, 0) is 45.4 Å². The lowest BCUT2D eigenvalue weighted by molar-refractivity contribution is -0.144. The van der Waals surface area contributed by atoms with Crippen molar-refractivity contribution < 1.29 is 19.5 Å². The molecular formula is C25H43N3O4S. The number of carbonyl (C=O) groups is 3. The topological polar surface area (TPSA) is 98.7 Å². The van der Waals surface area contributed by atoms with Crippen LogP contribution < -0.4 is 10.6 Å². The highest BCUT2D eigenvalue weighted by Crippen LogP contribution is 2.71. The predicted octanol–water partition coefficient (Wildman–Crippen LogP) is 2.71. The maximum atomic E-state index is 14.1. The molecule has 0 aromatic heterocycles. The van der Waals surface area contributed by atoms with Crippen LogP contribution >= 0.6 is 11.8 Å². The number of aliphatic hydroxyl groups excluding tert-OH is 1. The van der Waals surface area contributed by atoms with E-state index in [1.807, 2.05) is 27.7 Å². The minimum absolute atomic E-state index is 0.00826. The van der Waals surface area contributed by atoms with Crippen LogP contribution in [0.1, 0.15) is 80.1 Å².